The molecule has 1 aromatic heterocycles. The van der Waals surface area contributed by atoms with Crippen molar-refractivity contribution in [3.63, 3.8) is 0 Å². The molecule has 2 rings (SSSR count). The Kier molecular flexibility index (Phi) is 7.45. The molecule has 5 nitrogen and oxygen atoms in total. The van der Waals surface area contributed by atoms with Gasteiger partial charge in [0.2, 0.25) is 0 Å². The first-order valence-corrected chi connectivity index (χ1v) is 8.07. The lowest BCUT2D eigenvalue weighted by atomic mass is 10.0. The van der Waals surface area contributed by atoms with Gasteiger partial charge in [0.15, 0.2) is 0 Å². The summed E-state index contributed by atoms with van der Waals surface area (Å²) in [6.07, 6.45) is 1.65. The topological polar surface area (TPSA) is 72.9 Å². The maximum Gasteiger partial charge on any atom is 0.254 e. The highest BCUT2D eigenvalue weighted by molar-refractivity contribution is 5.95. The van der Waals surface area contributed by atoms with Crippen LogP contribution in [0.15, 0.2) is 30.5 Å². The number of nitrogens with one attached hydrogen (secondary N) is 1. The minimum absolute atomic E-state index is 0. The number of rotatable bonds is 6. The first-order valence-electron chi connectivity index (χ1n) is 8.07. The number of aryl methyl sites for hydroxylation is 1. The van der Waals surface area contributed by atoms with E-state index in [0.29, 0.717) is 18.7 Å². The van der Waals surface area contributed by atoms with Crippen molar-refractivity contribution in [3.05, 3.63) is 47.3 Å². The quantitative estimate of drug-likeness (QED) is 0.841. The number of nitrogens with two attached hydrogens (primary N) is 1. The molecule has 1 heterocycles. The van der Waals surface area contributed by atoms with E-state index in [9.17, 15) is 4.79 Å². The molecule has 1 atom stereocenters. The Morgan fingerprint density at radius 2 is 1.88 bits per heavy atom. The SMILES string of the molecule is Cc1ccc(-n2ncc(C(=O)NCC(C)CN)c2C(C)C)cc1.Cl. The zero-order valence-electron chi connectivity index (χ0n) is 14.7. The molecule has 0 aliphatic heterocycles. The Morgan fingerprint density at radius 1 is 1.25 bits per heavy atom. The van der Waals surface area contributed by atoms with Gasteiger partial charge in [0.1, 0.15) is 0 Å². The molecule has 132 valence electrons. The van der Waals surface area contributed by atoms with E-state index in [1.165, 1.54) is 5.56 Å². The number of carbonyl (C=O) groups is 1. The fourth-order valence-corrected chi connectivity index (χ4v) is 2.43. The molecule has 0 fully saturated rings. The molecule has 0 saturated carbocycles. The molecule has 24 heavy (non-hydrogen) atoms. The van der Waals surface area contributed by atoms with E-state index in [-0.39, 0.29) is 30.2 Å². The number of hydrogen-bond donors (Lipinski definition) is 2. The van der Waals surface area contributed by atoms with Crippen LogP contribution in [0, 0.1) is 12.8 Å². The van der Waals surface area contributed by atoms with Gasteiger partial charge in [-0.1, -0.05) is 38.5 Å². The number of hydrogen-bond acceptors (Lipinski definition) is 3. The highest BCUT2D eigenvalue weighted by Crippen LogP contribution is 2.23. The summed E-state index contributed by atoms with van der Waals surface area (Å²) in [7, 11) is 0. The van der Waals surface area contributed by atoms with Gasteiger partial charge in [-0.05, 0) is 37.4 Å². The van der Waals surface area contributed by atoms with Crippen LogP contribution in [0.5, 0.6) is 0 Å². The molecule has 1 amide bonds. The first kappa shape index (κ1) is 20.2. The summed E-state index contributed by atoms with van der Waals surface area (Å²) in [4.78, 5) is 12.5. The first-order chi connectivity index (χ1) is 10.9. The van der Waals surface area contributed by atoms with Gasteiger partial charge in [-0.15, -0.1) is 12.4 Å². The van der Waals surface area contributed by atoms with Crippen molar-refractivity contribution in [2.75, 3.05) is 13.1 Å². The van der Waals surface area contributed by atoms with Gasteiger partial charge in [0, 0.05) is 6.54 Å². The second-order valence-corrected chi connectivity index (χ2v) is 6.40. The van der Waals surface area contributed by atoms with E-state index in [4.69, 9.17) is 5.73 Å². The van der Waals surface area contributed by atoms with Gasteiger partial charge in [-0.2, -0.15) is 5.10 Å². The fourth-order valence-electron chi connectivity index (χ4n) is 2.43. The Bertz CT molecular complexity index is 664. The van der Waals surface area contributed by atoms with Crippen molar-refractivity contribution in [1.82, 2.24) is 15.1 Å². The van der Waals surface area contributed by atoms with E-state index in [2.05, 4.69) is 24.3 Å². The van der Waals surface area contributed by atoms with Crippen LogP contribution in [0.1, 0.15) is 48.3 Å². The monoisotopic (exact) mass is 350 g/mol. The number of halogens is 1. The van der Waals surface area contributed by atoms with Gasteiger partial charge in [-0.25, -0.2) is 4.68 Å². The van der Waals surface area contributed by atoms with Crippen LogP contribution < -0.4 is 11.1 Å². The van der Waals surface area contributed by atoms with Crippen LogP contribution in [0.4, 0.5) is 0 Å². The Morgan fingerprint density at radius 3 is 2.42 bits per heavy atom. The van der Waals surface area contributed by atoms with Crippen molar-refractivity contribution in [3.8, 4) is 5.69 Å². The van der Waals surface area contributed by atoms with E-state index < -0.39 is 0 Å². The molecule has 1 aromatic carbocycles. The van der Waals surface area contributed by atoms with Crippen LogP contribution >= 0.6 is 12.4 Å². The number of benzene rings is 1. The Labute approximate surface area is 150 Å². The van der Waals surface area contributed by atoms with Crippen molar-refractivity contribution in [2.45, 2.75) is 33.6 Å². The molecule has 0 spiro atoms. The lowest BCUT2D eigenvalue weighted by Gasteiger charge is -2.14. The van der Waals surface area contributed by atoms with E-state index >= 15 is 0 Å². The molecule has 0 aliphatic rings. The molecular formula is C18H27ClN4O. The van der Waals surface area contributed by atoms with Crippen molar-refractivity contribution in [1.29, 1.82) is 0 Å². The summed E-state index contributed by atoms with van der Waals surface area (Å²) in [5.41, 5.74) is 9.31. The molecule has 0 bridgehead atoms. The van der Waals surface area contributed by atoms with Gasteiger partial charge in [-0.3, -0.25) is 4.79 Å². The summed E-state index contributed by atoms with van der Waals surface area (Å²) in [5, 5.41) is 7.38. The van der Waals surface area contributed by atoms with Crippen LogP contribution in [-0.4, -0.2) is 28.8 Å². The summed E-state index contributed by atoms with van der Waals surface area (Å²) in [6.45, 7) is 9.33. The predicted octanol–water partition coefficient (Wildman–Crippen LogP) is 3.05. The number of carbonyl (C=O) groups excluding carboxylic acids is 1. The minimum Gasteiger partial charge on any atom is -0.352 e. The maximum absolute atomic E-state index is 12.5. The zero-order valence-corrected chi connectivity index (χ0v) is 15.6. The highest BCUT2D eigenvalue weighted by Gasteiger charge is 2.20. The molecule has 0 radical (unpaired) electrons. The standard InChI is InChI=1S/C18H26N4O.ClH/c1-12(2)17-16(18(23)20-10-14(4)9-19)11-21-22(17)15-7-5-13(3)6-8-15;/h5-8,11-12,14H,9-10,19H2,1-4H3,(H,20,23);1H. The van der Waals surface area contributed by atoms with Crippen LogP contribution in [0.2, 0.25) is 0 Å². The third-order valence-corrected chi connectivity index (χ3v) is 3.89. The highest BCUT2D eigenvalue weighted by atomic mass is 35.5. The second kappa shape index (κ2) is 8.85. The summed E-state index contributed by atoms with van der Waals surface area (Å²) in [5.74, 6) is 0.354. The second-order valence-electron chi connectivity index (χ2n) is 6.40. The van der Waals surface area contributed by atoms with E-state index in [1.807, 2.05) is 42.8 Å². The van der Waals surface area contributed by atoms with Crippen LogP contribution in [-0.2, 0) is 0 Å². The molecule has 6 heteroatoms. The van der Waals surface area contributed by atoms with Crippen LogP contribution in [0.3, 0.4) is 0 Å². The molecule has 1 unspecified atom stereocenters. The molecule has 2 aromatic rings. The van der Waals surface area contributed by atoms with Crippen molar-refractivity contribution in [2.24, 2.45) is 11.7 Å². The largest absolute Gasteiger partial charge is 0.352 e. The Hall–Kier alpha value is -1.85. The maximum atomic E-state index is 12.5. The molecular weight excluding hydrogens is 324 g/mol. The molecule has 0 aliphatic carbocycles. The van der Waals surface area contributed by atoms with Gasteiger partial charge in [0.05, 0.1) is 23.1 Å². The normalized spacial score (nSPS) is 11.9. The van der Waals surface area contributed by atoms with Crippen molar-refractivity contribution >= 4 is 18.3 Å². The average Bonchev–Trinajstić information content (AvgIpc) is 2.98. The van der Waals surface area contributed by atoms with E-state index in [1.54, 1.807) is 6.20 Å². The number of nitrogens with zero attached hydrogens (tertiary/aromatic N) is 2. The van der Waals surface area contributed by atoms with Gasteiger partial charge >= 0.3 is 0 Å². The van der Waals surface area contributed by atoms with Crippen molar-refractivity contribution < 1.29 is 4.79 Å². The smallest absolute Gasteiger partial charge is 0.254 e. The van der Waals surface area contributed by atoms with E-state index in [0.717, 1.165) is 11.4 Å². The third-order valence-electron chi connectivity index (χ3n) is 3.89. The zero-order chi connectivity index (χ0) is 17.0. The van der Waals surface area contributed by atoms with Gasteiger partial charge < -0.3 is 11.1 Å². The van der Waals surface area contributed by atoms with Gasteiger partial charge in [0.25, 0.3) is 5.91 Å². The lowest BCUT2D eigenvalue weighted by molar-refractivity contribution is 0.0947. The summed E-state index contributed by atoms with van der Waals surface area (Å²) in [6, 6.07) is 8.13. The summed E-state index contributed by atoms with van der Waals surface area (Å²) >= 11 is 0. The molecule has 3 N–H and O–H groups in total. The average molecular weight is 351 g/mol. The fraction of sp³-hybridized carbons (Fsp3) is 0.444. The molecule has 0 saturated heterocycles. The number of amides is 1. The predicted molar refractivity (Wildman–Crippen MR) is 100 cm³/mol. The summed E-state index contributed by atoms with van der Waals surface area (Å²) < 4.78 is 1.85. The Balaban J connectivity index is 0.00000288. The van der Waals surface area contributed by atoms with Crippen LogP contribution in [0.25, 0.3) is 5.69 Å². The lowest BCUT2D eigenvalue weighted by Crippen LogP contribution is -2.31. The minimum atomic E-state index is -0.0904. The third kappa shape index (κ3) is 4.58. The number of aromatic nitrogens is 2.